The fraction of sp³-hybridized carbons (Fsp3) is 0.600. The molecule has 0 saturated carbocycles. The Morgan fingerprint density at radius 2 is 1.88 bits per heavy atom. The molecule has 0 aliphatic carbocycles. The largest absolute Gasteiger partial charge is 0.351 e. The Kier molecular flexibility index (Phi) is 7.47. The summed E-state index contributed by atoms with van der Waals surface area (Å²) in [6.45, 7) is 6.38. The summed E-state index contributed by atoms with van der Waals surface area (Å²) >= 11 is 0. The molecule has 2 amide bonds. The molecule has 2 aliphatic rings. The minimum absolute atomic E-state index is 0. The molecule has 144 valence electrons. The zero-order chi connectivity index (χ0) is 17.8. The first kappa shape index (κ1) is 20.7. The molecule has 0 aromatic heterocycles. The van der Waals surface area contributed by atoms with Crippen LogP contribution in [0.4, 0.5) is 0 Å². The Labute approximate surface area is 162 Å². The quantitative estimate of drug-likeness (QED) is 0.843. The Morgan fingerprint density at radius 1 is 1.23 bits per heavy atom. The van der Waals surface area contributed by atoms with Gasteiger partial charge < -0.3 is 15.5 Å². The van der Waals surface area contributed by atoms with Crippen LogP contribution in [-0.2, 0) is 22.6 Å². The highest BCUT2D eigenvalue weighted by Gasteiger charge is 2.36. The molecule has 5 nitrogen and oxygen atoms in total. The lowest BCUT2D eigenvalue weighted by Crippen LogP contribution is -2.56. The molecule has 0 radical (unpaired) electrons. The van der Waals surface area contributed by atoms with E-state index in [1.165, 1.54) is 5.56 Å². The van der Waals surface area contributed by atoms with Gasteiger partial charge in [0.1, 0.15) is 6.04 Å². The number of halogens is 1. The molecule has 1 aromatic carbocycles. The number of benzene rings is 1. The maximum absolute atomic E-state index is 13.0. The van der Waals surface area contributed by atoms with Crippen molar-refractivity contribution in [3.05, 3.63) is 35.4 Å². The summed E-state index contributed by atoms with van der Waals surface area (Å²) in [6, 6.07) is 7.96. The van der Waals surface area contributed by atoms with Crippen LogP contribution >= 0.6 is 12.4 Å². The Morgan fingerprint density at radius 3 is 2.54 bits per heavy atom. The molecule has 6 heteroatoms. The fourth-order valence-corrected chi connectivity index (χ4v) is 3.71. The zero-order valence-electron chi connectivity index (χ0n) is 15.7. The summed E-state index contributed by atoms with van der Waals surface area (Å²) in [5.41, 5.74) is 2.34. The third-order valence-corrected chi connectivity index (χ3v) is 5.55. The van der Waals surface area contributed by atoms with Gasteiger partial charge in [0.15, 0.2) is 0 Å². The van der Waals surface area contributed by atoms with E-state index in [1.54, 1.807) is 4.90 Å². The standard InChI is InChI=1S/C20H29N3O2.ClH/c1-3-14(2)20(25)23-13-16-7-5-4-6-15(16)12-18(23)19(24)22-17-8-10-21-11-9-17;/h4-7,14,17-18,21H,3,8-13H2,1-2H3,(H,22,24);1H. The highest BCUT2D eigenvalue weighted by Crippen LogP contribution is 2.26. The van der Waals surface area contributed by atoms with Crippen LogP contribution < -0.4 is 10.6 Å². The van der Waals surface area contributed by atoms with E-state index in [1.807, 2.05) is 26.0 Å². The lowest BCUT2D eigenvalue weighted by atomic mass is 9.91. The van der Waals surface area contributed by atoms with Crippen molar-refractivity contribution in [2.75, 3.05) is 13.1 Å². The highest BCUT2D eigenvalue weighted by molar-refractivity contribution is 5.89. The number of nitrogens with zero attached hydrogens (tertiary/aromatic N) is 1. The van der Waals surface area contributed by atoms with Gasteiger partial charge in [0.05, 0.1) is 0 Å². The normalized spacial score (nSPS) is 21.3. The van der Waals surface area contributed by atoms with Crippen LogP contribution in [0, 0.1) is 5.92 Å². The van der Waals surface area contributed by atoms with E-state index < -0.39 is 6.04 Å². The van der Waals surface area contributed by atoms with Crippen molar-refractivity contribution in [1.82, 2.24) is 15.5 Å². The van der Waals surface area contributed by atoms with Gasteiger partial charge in [-0.15, -0.1) is 12.4 Å². The average Bonchev–Trinajstić information content (AvgIpc) is 2.66. The van der Waals surface area contributed by atoms with Gasteiger partial charge >= 0.3 is 0 Å². The van der Waals surface area contributed by atoms with Crippen molar-refractivity contribution in [3.63, 3.8) is 0 Å². The number of fused-ring (bicyclic) bond motifs is 1. The van der Waals surface area contributed by atoms with Gasteiger partial charge in [-0.3, -0.25) is 9.59 Å². The molecular weight excluding hydrogens is 350 g/mol. The lowest BCUT2D eigenvalue weighted by molar-refractivity contribution is -0.145. The summed E-state index contributed by atoms with van der Waals surface area (Å²) in [6.07, 6.45) is 3.30. The van der Waals surface area contributed by atoms with Crippen molar-refractivity contribution in [2.45, 2.75) is 58.2 Å². The molecule has 3 rings (SSSR count). The number of hydrogen-bond donors (Lipinski definition) is 2. The van der Waals surface area contributed by atoms with Crippen LogP contribution in [0.2, 0.25) is 0 Å². The van der Waals surface area contributed by atoms with Gasteiger partial charge in [-0.05, 0) is 43.5 Å². The molecule has 2 heterocycles. The van der Waals surface area contributed by atoms with Crippen LogP contribution in [0.3, 0.4) is 0 Å². The molecule has 2 unspecified atom stereocenters. The highest BCUT2D eigenvalue weighted by atomic mass is 35.5. The monoisotopic (exact) mass is 379 g/mol. The second-order valence-corrected chi connectivity index (χ2v) is 7.30. The topological polar surface area (TPSA) is 61.4 Å². The van der Waals surface area contributed by atoms with E-state index >= 15 is 0 Å². The van der Waals surface area contributed by atoms with Gasteiger partial charge in [-0.25, -0.2) is 0 Å². The van der Waals surface area contributed by atoms with E-state index in [4.69, 9.17) is 0 Å². The molecule has 26 heavy (non-hydrogen) atoms. The predicted octanol–water partition coefficient (Wildman–Crippen LogP) is 2.28. The van der Waals surface area contributed by atoms with Crippen molar-refractivity contribution < 1.29 is 9.59 Å². The molecule has 2 atom stereocenters. The molecule has 1 aromatic rings. The first-order chi connectivity index (χ1) is 12.1. The van der Waals surface area contributed by atoms with Crippen molar-refractivity contribution >= 4 is 24.2 Å². The summed E-state index contributed by atoms with van der Waals surface area (Å²) < 4.78 is 0. The second kappa shape index (κ2) is 9.38. The minimum atomic E-state index is -0.397. The molecule has 0 bridgehead atoms. The summed E-state index contributed by atoms with van der Waals surface area (Å²) in [4.78, 5) is 27.7. The SMILES string of the molecule is CCC(C)C(=O)N1Cc2ccccc2CC1C(=O)NC1CCNCC1.Cl. The molecule has 1 fully saturated rings. The maximum Gasteiger partial charge on any atom is 0.243 e. The predicted molar refractivity (Wildman–Crippen MR) is 105 cm³/mol. The van der Waals surface area contributed by atoms with Gasteiger partial charge in [-0.2, -0.15) is 0 Å². The van der Waals surface area contributed by atoms with Crippen LogP contribution in [0.25, 0.3) is 0 Å². The molecule has 0 spiro atoms. The number of amides is 2. The van der Waals surface area contributed by atoms with E-state index in [0.29, 0.717) is 13.0 Å². The zero-order valence-corrected chi connectivity index (χ0v) is 16.5. The van der Waals surface area contributed by atoms with E-state index in [0.717, 1.165) is 37.9 Å². The van der Waals surface area contributed by atoms with Crippen molar-refractivity contribution in [3.8, 4) is 0 Å². The molecule has 1 saturated heterocycles. The molecule has 2 N–H and O–H groups in total. The van der Waals surface area contributed by atoms with E-state index in [2.05, 4.69) is 22.8 Å². The molecular formula is C20H30ClN3O2. The maximum atomic E-state index is 13.0. The summed E-state index contributed by atoms with van der Waals surface area (Å²) in [5.74, 6) is 0.0277. The van der Waals surface area contributed by atoms with E-state index in [-0.39, 0.29) is 36.2 Å². The third-order valence-electron chi connectivity index (χ3n) is 5.55. The number of rotatable bonds is 4. The first-order valence-electron chi connectivity index (χ1n) is 9.48. The number of carbonyl (C=O) groups excluding carboxylic acids is 2. The van der Waals surface area contributed by atoms with Crippen LogP contribution in [-0.4, -0.2) is 41.9 Å². The summed E-state index contributed by atoms with van der Waals surface area (Å²) in [7, 11) is 0. The minimum Gasteiger partial charge on any atom is -0.351 e. The number of hydrogen-bond acceptors (Lipinski definition) is 3. The Balaban J connectivity index is 0.00000243. The number of nitrogens with one attached hydrogen (secondary N) is 2. The van der Waals surface area contributed by atoms with Crippen LogP contribution in [0.5, 0.6) is 0 Å². The van der Waals surface area contributed by atoms with Crippen LogP contribution in [0.15, 0.2) is 24.3 Å². The molecule has 2 aliphatic heterocycles. The van der Waals surface area contributed by atoms with Gasteiger partial charge in [-0.1, -0.05) is 38.1 Å². The second-order valence-electron chi connectivity index (χ2n) is 7.30. The van der Waals surface area contributed by atoms with E-state index in [9.17, 15) is 9.59 Å². The third kappa shape index (κ3) is 4.57. The van der Waals surface area contributed by atoms with Crippen molar-refractivity contribution in [2.24, 2.45) is 5.92 Å². The lowest BCUT2D eigenvalue weighted by Gasteiger charge is -2.38. The average molecular weight is 380 g/mol. The smallest absolute Gasteiger partial charge is 0.243 e. The first-order valence-corrected chi connectivity index (χ1v) is 9.48. The number of piperidine rings is 1. The van der Waals surface area contributed by atoms with Gasteiger partial charge in [0, 0.05) is 24.9 Å². The number of carbonyl (C=O) groups is 2. The summed E-state index contributed by atoms with van der Waals surface area (Å²) in [5, 5.41) is 6.50. The van der Waals surface area contributed by atoms with Crippen LogP contribution in [0.1, 0.15) is 44.2 Å². The van der Waals surface area contributed by atoms with Crippen molar-refractivity contribution in [1.29, 1.82) is 0 Å². The Hall–Kier alpha value is -1.59. The van der Waals surface area contributed by atoms with Gasteiger partial charge in [0.25, 0.3) is 0 Å². The Bertz CT molecular complexity index is 631. The fourth-order valence-electron chi connectivity index (χ4n) is 3.71. The van der Waals surface area contributed by atoms with Gasteiger partial charge in [0.2, 0.25) is 11.8 Å².